The predicted molar refractivity (Wildman–Crippen MR) is 98.4 cm³/mol. The molecule has 130 valence electrons. The van der Waals surface area contributed by atoms with Crippen LogP contribution in [0, 0.1) is 20.8 Å². The maximum Gasteiger partial charge on any atom is 0.271 e. The number of nitrogens with zero attached hydrogens (tertiary/aromatic N) is 3. The Labute approximate surface area is 144 Å². The number of aromatic nitrogens is 2. The predicted octanol–water partition coefficient (Wildman–Crippen LogP) is 2.69. The summed E-state index contributed by atoms with van der Waals surface area (Å²) < 4.78 is 1.79. The van der Waals surface area contributed by atoms with Crippen molar-refractivity contribution in [1.29, 1.82) is 0 Å². The van der Waals surface area contributed by atoms with Gasteiger partial charge in [-0.25, -0.2) is 0 Å². The van der Waals surface area contributed by atoms with E-state index < -0.39 is 0 Å². The van der Waals surface area contributed by atoms with Crippen LogP contribution in [-0.2, 0) is 7.05 Å². The molecular weight excluding hydrogens is 300 g/mol. The number of benzene rings is 1. The molecular formula is C19H28N4O. The minimum atomic E-state index is -0.113. The van der Waals surface area contributed by atoms with E-state index in [1.165, 1.54) is 16.7 Å². The van der Waals surface area contributed by atoms with Crippen molar-refractivity contribution in [1.82, 2.24) is 20.0 Å². The molecule has 0 saturated carbocycles. The number of nitrogens with one attached hydrogen (secondary N) is 1. The van der Waals surface area contributed by atoms with E-state index in [0.29, 0.717) is 12.2 Å². The summed E-state index contributed by atoms with van der Waals surface area (Å²) in [4.78, 5) is 14.4. The van der Waals surface area contributed by atoms with Gasteiger partial charge in [0.25, 0.3) is 5.91 Å². The maximum atomic E-state index is 12.3. The van der Waals surface area contributed by atoms with E-state index in [9.17, 15) is 4.79 Å². The molecule has 1 N–H and O–H groups in total. The van der Waals surface area contributed by atoms with Crippen LogP contribution >= 0.6 is 0 Å². The molecule has 1 aromatic carbocycles. The first-order valence-corrected chi connectivity index (χ1v) is 8.34. The monoisotopic (exact) mass is 328 g/mol. The molecule has 0 aliphatic carbocycles. The Morgan fingerprint density at radius 1 is 1.17 bits per heavy atom. The summed E-state index contributed by atoms with van der Waals surface area (Å²) in [5.74, 6) is -0.113. The number of hydrogen-bond acceptors (Lipinski definition) is 3. The van der Waals surface area contributed by atoms with Crippen molar-refractivity contribution in [3.63, 3.8) is 0 Å². The first-order chi connectivity index (χ1) is 11.3. The van der Waals surface area contributed by atoms with Gasteiger partial charge in [-0.2, -0.15) is 5.10 Å². The fraction of sp³-hybridized carbons (Fsp3) is 0.474. The van der Waals surface area contributed by atoms with E-state index in [-0.39, 0.29) is 5.91 Å². The number of carbonyl (C=O) groups excluding carboxylic acids is 1. The van der Waals surface area contributed by atoms with Crippen LogP contribution in [0.25, 0.3) is 11.3 Å². The molecule has 2 rings (SSSR count). The van der Waals surface area contributed by atoms with E-state index in [2.05, 4.69) is 48.2 Å². The summed E-state index contributed by atoms with van der Waals surface area (Å²) in [6, 6.07) is 6.21. The molecule has 0 atom stereocenters. The zero-order valence-electron chi connectivity index (χ0n) is 15.6. The molecule has 1 heterocycles. The molecule has 0 fully saturated rings. The van der Waals surface area contributed by atoms with Gasteiger partial charge in [-0.1, -0.05) is 17.7 Å². The van der Waals surface area contributed by atoms with E-state index in [0.717, 1.165) is 24.2 Å². The molecule has 0 saturated heterocycles. The lowest BCUT2D eigenvalue weighted by molar-refractivity contribution is 0.0946. The van der Waals surface area contributed by atoms with Gasteiger partial charge < -0.3 is 10.2 Å². The van der Waals surface area contributed by atoms with E-state index in [1.54, 1.807) is 4.68 Å². The van der Waals surface area contributed by atoms with Gasteiger partial charge in [0, 0.05) is 19.2 Å². The largest absolute Gasteiger partial charge is 0.351 e. The highest BCUT2D eigenvalue weighted by atomic mass is 16.1. The summed E-state index contributed by atoms with van der Waals surface area (Å²) in [7, 11) is 5.94. The number of rotatable bonds is 6. The molecule has 1 aromatic heterocycles. The quantitative estimate of drug-likeness (QED) is 0.830. The topological polar surface area (TPSA) is 50.2 Å². The second kappa shape index (κ2) is 7.62. The van der Waals surface area contributed by atoms with Crippen molar-refractivity contribution < 1.29 is 4.79 Å². The molecule has 0 radical (unpaired) electrons. The Kier molecular flexibility index (Phi) is 5.78. The molecule has 0 spiro atoms. The molecule has 5 heteroatoms. The highest BCUT2D eigenvalue weighted by Crippen LogP contribution is 2.28. The van der Waals surface area contributed by atoms with E-state index >= 15 is 0 Å². The summed E-state index contributed by atoms with van der Waals surface area (Å²) >= 11 is 0. The van der Waals surface area contributed by atoms with Crippen molar-refractivity contribution in [3.8, 4) is 11.3 Å². The number of amides is 1. The summed E-state index contributed by atoms with van der Waals surface area (Å²) in [5, 5.41) is 7.34. The Morgan fingerprint density at radius 3 is 2.38 bits per heavy atom. The Morgan fingerprint density at radius 2 is 1.79 bits per heavy atom. The molecule has 1 amide bonds. The minimum Gasteiger partial charge on any atom is -0.351 e. The van der Waals surface area contributed by atoms with Crippen LogP contribution in [0.5, 0.6) is 0 Å². The van der Waals surface area contributed by atoms with Gasteiger partial charge >= 0.3 is 0 Å². The van der Waals surface area contributed by atoms with Gasteiger partial charge in [0.05, 0.1) is 5.69 Å². The van der Waals surface area contributed by atoms with Gasteiger partial charge in [0.1, 0.15) is 0 Å². The van der Waals surface area contributed by atoms with Crippen LogP contribution in [0.4, 0.5) is 0 Å². The third-order valence-corrected chi connectivity index (χ3v) is 4.11. The first kappa shape index (κ1) is 18.2. The van der Waals surface area contributed by atoms with Crippen molar-refractivity contribution >= 4 is 5.91 Å². The lowest BCUT2D eigenvalue weighted by atomic mass is 9.97. The van der Waals surface area contributed by atoms with Crippen LogP contribution in [0.15, 0.2) is 18.2 Å². The van der Waals surface area contributed by atoms with Crippen LogP contribution in [0.3, 0.4) is 0 Å². The average molecular weight is 328 g/mol. The third-order valence-electron chi connectivity index (χ3n) is 4.11. The van der Waals surface area contributed by atoms with Gasteiger partial charge in [-0.15, -0.1) is 0 Å². The number of aryl methyl sites for hydroxylation is 4. The van der Waals surface area contributed by atoms with Crippen molar-refractivity contribution in [2.24, 2.45) is 7.05 Å². The SMILES string of the molecule is Cc1cc(C)c(-c2cc(C(=O)NCCCN(C)C)nn2C)c(C)c1. The standard InChI is InChI=1S/C19H28N4O/c1-13-10-14(2)18(15(3)11-13)17-12-16(21-23(17)6)19(24)20-8-7-9-22(4)5/h10-12H,7-9H2,1-6H3,(H,20,24). The van der Waals surface area contributed by atoms with Crippen molar-refractivity contribution in [2.45, 2.75) is 27.2 Å². The number of hydrogen-bond donors (Lipinski definition) is 1. The molecule has 0 unspecified atom stereocenters. The highest BCUT2D eigenvalue weighted by molar-refractivity contribution is 5.93. The van der Waals surface area contributed by atoms with Gasteiger partial charge in [-0.3, -0.25) is 9.48 Å². The van der Waals surface area contributed by atoms with Crippen LogP contribution in [-0.4, -0.2) is 47.8 Å². The Hall–Kier alpha value is -2.14. The third kappa shape index (κ3) is 4.23. The molecule has 2 aromatic rings. The zero-order chi connectivity index (χ0) is 17.9. The lowest BCUT2D eigenvalue weighted by Crippen LogP contribution is -2.27. The Balaban J connectivity index is 2.17. The zero-order valence-corrected chi connectivity index (χ0v) is 15.6. The smallest absolute Gasteiger partial charge is 0.271 e. The van der Waals surface area contributed by atoms with E-state index in [1.807, 2.05) is 27.2 Å². The lowest BCUT2D eigenvalue weighted by Gasteiger charge is -2.11. The summed E-state index contributed by atoms with van der Waals surface area (Å²) in [5.41, 5.74) is 6.25. The number of carbonyl (C=O) groups is 1. The maximum absolute atomic E-state index is 12.3. The van der Waals surface area contributed by atoms with Crippen molar-refractivity contribution in [3.05, 3.63) is 40.6 Å². The fourth-order valence-corrected chi connectivity index (χ4v) is 3.08. The summed E-state index contributed by atoms with van der Waals surface area (Å²) in [6.45, 7) is 7.91. The second-order valence-corrected chi connectivity index (χ2v) is 6.72. The first-order valence-electron chi connectivity index (χ1n) is 8.34. The highest BCUT2D eigenvalue weighted by Gasteiger charge is 2.16. The second-order valence-electron chi connectivity index (χ2n) is 6.72. The molecule has 24 heavy (non-hydrogen) atoms. The Bertz CT molecular complexity index is 708. The molecule has 0 aliphatic heterocycles. The van der Waals surface area contributed by atoms with Crippen LogP contribution in [0.1, 0.15) is 33.6 Å². The average Bonchev–Trinajstić information content (AvgIpc) is 2.84. The van der Waals surface area contributed by atoms with Gasteiger partial charge in [0.15, 0.2) is 5.69 Å². The van der Waals surface area contributed by atoms with Gasteiger partial charge in [0.2, 0.25) is 0 Å². The molecule has 0 aliphatic rings. The van der Waals surface area contributed by atoms with Crippen LogP contribution < -0.4 is 5.32 Å². The molecule has 5 nitrogen and oxygen atoms in total. The van der Waals surface area contributed by atoms with Gasteiger partial charge in [-0.05, 0) is 65.0 Å². The minimum absolute atomic E-state index is 0.113. The normalized spacial score (nSPS) is 11.1. The van der Waals surface area contributed by atoms with Crippen LogP contribution in [0.2, 0.25) is 0 Å². The molecule has 0 bridgehead atoms. The summed E-state index contributed by atoms with van der Waals surface area (Å²) in [6.07, 6.45) is 0.925. The fourth-order valence-electron chi connectivity index (χ4n) is 3.08. The van der Waals surface area contributed by atoms with E-state index in [4.69, 9.17) is 0 Å². The van der Waals surface area contributed by atoms with Crippen molar-refractivity contribution in [2.75, 3.05) is 27.2 Å².